The van der Waals surface area contributed by atoms with E-state index in [1.54, 1.807) is 48.8 Å². The Morgan fingerprint density at radius 2 is 1.06 bits per heavy atom. The van der Waals surface area contributed by atoms with E-state index in [1.165, 1.54) is 26.2 Å². The molecule has 0 unspecified atom stereocenters. The van der Waals surface area contributed by atoms with E-state index in [4.69, 9.17) is 18.6 Å². The standard InChI is InChI=1S/2C11H14N2O.ClHO4.Fe/c2*14-11-4-2-1-3-10(11)9-12-5-6-13-7-8-13;2-1(3,4)5;/h2*1-4,9,14H,5-8H2;(H,2,3,4,5);/q;;;+5/p-2. The number of rotatable bonds is 8. The van der Waals surface area contributed by atoms with Crippen molar-refractivity contribution < 1.29 is 56.2 Å². The minimum Gasteiger partial charge on any atom is -0.872 e. The second-order valence-corrected chi connectivity index (χ2v) is 8.02. The number of hydrogen-bond donors (Lipinski definition) is 1. The van der Waals surface area contributed by atoms with Crippen LogP contribution in [0.3, 0.4) is 0 Å². The second-order valence-electron chi connectivity index (χ2n) is 7.23. The van der Waals surface area contributed by atoms with E-state index in [1.807, 2.05) is 12.1 Å². The van der Waals surface area contributed by atoms with Gasteiger partial charge in [-0.1, -0.05) is 48.5 Å². The van der Waals surface area contributed by atoms with Gasteiger partial charge in [-0.05, 0) is 11.1 Å². The Morgan fingerprint density at radius 3 is 1.35 bits per heavy atom. The van der Waals surface area contributed by atoms with Crippen molar-refractivity contribution in [3.05, 3.63) is 59.7 Å². The Kier molecular flexibility index (Phi) is 13.9. The van der Waals surface area contributed by atoms with Gasteiger partial charge in [-0.25, -0.2) is 0 Å². The maximum absolute atomic E-state index is 11.3. The molecule has 2 heterocycles. The Morgan fingerprint density at radius 1 is 0.735 bits per heavy atom. The van der Waals surface area contributed by atoms with Crippen molar-refractivity contribution in [1.82, 2.24) is 9.80 Å². The SMILES string of the molecule is [Fe+5].[O-][Cl+3]([O-])([O-])O.[O-]c1ccccc1C=NCCN1CC1.[O-]c1ccccc1C=NCCN1CC1. The molecule has 0 saturated carbocycles. The molecule has 1 radical (unpaired) electrons. The van der Waals surface area contributed by atoms with E-state index < -0.39 is 10.2 Å². The van der Waals surface area contributed by atoms with Crippen molar-refractivity contribution in [3.8, 4) is 11.5 Å². The topological polar surface area (TPSA) is 166 Å². The second kappa shape index (κ2) is 15.8. The maximum Gasteiger partial charge on any atom is 5.00 e. The average Bonchev–Trinajstić information content (AvgIpc) is 3.66. The van der Waals surface area contributed by atoms with Crippen LogP contribution in [0, 0.1) is 10.2 Å². The summed E-state index contributed by atoms with van der Waals surface area (Å²) in [6.45, 7) is 8.40. The molecule has 0 atom stereocenters. The van der Waals surface area contributed by atoms with Crippen LogP contribution in [0.2, 0.25) is 0 Å². The summed E-state index contributed by atoms with van der Waals surface area (Å²) in [7, 11) is -4.69. The summed E-state index contributed by atoms with van der Waals surface area (Å²) in [5.74, 6) is 0.0888. The molecule has 0 aromatic heterocycles. The zero-order chi connectivity index (χ0) is 24.1. The van der Waals surface area contributed by atoms with E-state index in [-0.39, 0.29) is 28.6 Å². The van der Waals surface area contributed by atoms with E-state index >= 15 is 0 Å². The van der Waals surface area contributed by atoms with Gasteiger partial charge >= 0.3 is 17.1 Å². The minimum atomic E-state index is -4.69. The van der Waals surface area contributed by atoms with Crippen LogP contribution in [-0.4, -0.2) is 79.2 Å². The van der Waals surface area contributed by atoms with E-state index in [0.717, 1.165) is 26.2 Å². The fraction of sp³-hybridized carbons (Fsp3) is 0.364. The predicted octanol–water partition coefficient (Wildman–Crippen LogP) is -3.14. The third kappa shape index (κ3) is 15.7. The number of aliphatic imine (C=N–C) groups is 2. The van der Waals surface area contributed by atoms with Crippen LogP contribution in [0.4, 0.5) is 0 Å². The zero-order valence-electron chi connectivity index (χ0n) is 18.4. The largest absolute Gasteiger partial charge is 5.00 e. The molecule has 2 saturated heterocycles. The Bertz CT molecular complexity index is 831. The van der Waals surface area contributed by atoms with Crippen molar-refractivity contribution in [2.24, 2.45) is 9.98 Å². The van der Waals surface area contributed by atoms with Gasteiger partial charge in [0.25, 0.3) is 0 Å². The van der Waals surface area contributed by atoms with E-state index in [0.29, 0.717) is 11.1 Å². The first-order valence-corrected chi connectivity index (χ1v) is 11.6. The van der Waals surface area contributed by atoms with Crippen molar-refractivity contribution in [1.29, 1.82) is 0 Å². The van der Waals surface area contributed by atoms with Gasteiger partial charge in [-0.15, -0.1) is 11.5 Å². The molecule has 0 spiro atoms. The molecule has 34 heavy (non-hydrogen) atoms. The van der Waals surface area contributed by atoms with Crippen molar-refractivity contribution in [3.63, 3.8) is 0 Å². The molecule has 10 nitrogen and oxygen atoms in total. The first-order valence-electron chi connectivity index (χ1n) is 10.3. The van der Waals surface area contributed by atoms with Gasteiger partial charge in [-0.2, -0.15) is 14.0 Å². The first kappa shape index (κ1) is 30.0. The molecular formula is C22H27ClFeN4O6+3. The molecule has 0 amide bonds. The van der Waals surface area contributed by atoms with Gasteiger partial charge in [0.2, 0.25) is 0 Å². The molecule has 0 aliphatic carbocycles. The summed E-state index contributed by atoms with van der Waals surface area (Å²) in [6.07, 6.45) is 3.34. The van der Waals surface area contributed by atoms with Crippen LogP contribution in [0.1, 0.15) is 11.1 Å². The summed E-state index contributed by atoms with van der Waals surface area (Å²) in [5, 5.41) is 22.5. The van der Waals surface area contributed by atoms with E-state index in [2.05, 4.69) is 19.8 Å². The van der Waals surface area contributed by atoms with Gasteiger partial charge in [0.05, 0.1) is 28.0 Å². The predicted molar refractivity (Wildman–Crippen MR) is 112 cm³/mol. The van der Waals surface area contributed by atoms with Gasteiger partial charge in [-0.3, -0.25) is 19.8 Å². The van der Waals surface area contributed by atoms with Crippen LogP contribution in [0.15, 0.2) is 58.5 Å². The molecular weight excluding hydrogens is 508 g/mol. The fourth-order valence-electron chi connectivity index (χ4n) is 2.49. The maximum atomic E-state index is 11.3. The normalized spacial score (nSPS) is 15.2. The van der Waals surface area contributed by atoms with Gasteiger partial charge in [0.15, 0.2) is 0 Å². The number of hydrogen-bond acceptors (Lipinski definition) is 10. The molecule has 183 valence electrons. The van der Waals surface area contributed by atoms with Crippen LogP contribution in [-0.2, 0) is 17.1 Å². The summed E-state index contributed by atoms with van der Waals surface area (Å²) in [5.41, 5.74) is 1.36. The number of halogens is 1. The molecule has 1 N–H and O–H groups in total. The molecule has 4 rings (SSSR count). The molecule has 12 heteroatoms. The minimum absolute atomic E-state index is 0. The van der Waals surface area contributed by atoms with E-state index in [9.17, 15) is 10.2 Å². The van der Waals surface area contributed by atoms with Crippen molar-refractivity contribution >= 4 is 12.4 Å². The number of benzene rings is 2. The zero-order valence-corrected chi connectivity index (χ0v) is 20.3. The Balaban J connectivity index is 0.000000278. The molecule has 2 aromatic rings. The van der Waals surface area contributed by atoms with Crippen LogP contribution >= 0.6 is 0 Å². The third-order valence-electron chi connectivity index (χ3n) is 4.47. The molecule has 2 aromatic carbocycles. The first-order chi connectivity index (χ1) is 15.7. The molecule has 0 bridgehead atoms. The number of para-hydroxylation sites is 2. The van der Waals surface area contributed by atoms with Crippen molar-refractivity contribution in [2.45, 2.75) is 0 Å². The molecule has 2 fully saturated rings. The Labute approximate surface area is 211 Å². The fourth-order valence-corrected chi connectivity index (χ4v) is 2.49. The van der Waals surface area contributed by atoms with Gasteiger partial charge < -0.3 is 10.2 Å². The Hall–Kier alpha value is -2.05. The van der Waals surface area contributed by atoms with Gasteiger partial charge in [0, 0.05) is 51.7 Å². The summed E-state index contributed by atoms with van der Waals surface area (Å²) >= 11 is 0. The third-order valence-corrected chi connectivity index (χ3v) is 4.47. The van der Waals surface area contributed by atoms with Gasteiger partial charge in [0.1, 0.15) is 0 Å². The van der Waals surface area contributed by atoms with Crippen LogP contribution in [0.5, 0.6) is 11.5 Å². The van der Waals surface area contributed by atoms with Crippen LogP contribution < -0.4 is 24.2 Å². The monoisotopic (exact) mass is 534 g/mol. The average molecular weight is 535 g/mol. The quantitative estimate of drug-likeness (QED) is 0.211. The van der Waals surface area contributed by atoms with Crippen molar-refractivity contribution in [2.75, 3.05) is 52.4 Å². The molecule has 2 aliphatic rings. The number of nitrogens with zero attached hydrogens (tertiary/aromatic N) is 4. The summed E-state index contributed by atoms with van der Waals surface area (Å²) in [6, 6.07) is 13.9. The summed E-state index contributed by atoms with van der Waals surface area (Å²) < 4.78 is 32.7. The smallest absolute Gasteiger partial charge is 0.872 e. The van der Waals surface area contributed by atoms with Crippen LogP contribution in [0.25, 0.3) is 0 Å². The molecule has 2 aliphatic heterocycles. The summed E-state index contributed by atoms with van der Waals surface area (Å²) in [4.78, 5) is 13.0.